The molecule has 0 spiro atoms. The zero-order valence-corrected chi connectivity index (χ0v) is 7.89. The third kappa shape index (κ3) is 3.03. The molecule has 2 nitrogen and oxygen atoms in total. The highest BCUT2D eigenvalue weighted by Crippen LogP contribution is 1.83. The monoisotopic (exact) mass is 240 g/mol. The summed E-state index contributed by atoms with van der Waals surface area (Å²) in [6.45, 7) is 5.68. The quantitative estimate of drug-likeness (QED) is 0.382. The van der Waals surface area contributed by atoms with Gasteiger partial charge in [0.05, 0.1) is 19.6 Å². The molecule has 1 aliphatic heterocycles. The second-order valence-electron chi connectivity index (χ2n) is 2.07. The van der Waals surface area contributed by atoms with E-state index in [1.165, 1.54) is 13.0 Å². The van der Waals surface area contributed by atoms with Gasteiger partial charge < -0.3 is 24.0 Å². The largest absolute Gasteiger partial charge is 1.00 e. The number of halogens is 1. The van der Waals surface area contributed by atoms with E-state index in [4.69, 9.17) is 0 Å². The van der Waals surface area contributed by atoms with E-state index in [1.54, 1.807) is 0 Å². The van der Waals surface area contributed by atoms with Crippen LogP contribution in [0.25, 0.3) is 0 Å². The molecule has 0 atom stereocenters. The summed E-state index contributed by atoms with van der Waals surface area (Å²) in [4.78, 5) is 0. The Balaban J connectivity index is 0.000000640. The molecular formula is C6H13IN2. The summed E-state index contributed by atoms with van der Waals surface area (Å²) in [5, 5.41) is 3.19. The number of hydrogen-bond donors (Lipinski definition) is 1. The first-order valence-electron chi connectivity index (χ1n) is 3.24. The average molecular weight is 240 g/mol. The van der Waals surface area contributed by atoms with Crippen molar-refractivity contribution in [3.8, 4) is 0 Å². The van der Waals surface area contributed by atoms with Crippen LogP contribution in [0.1, 0.15) is 13.3 Å². The molecule has 1 N–H and O–H groups in total. The minimum atomic E-state index is 0. The molecule has 0 saturated heterocycles. The lowest BCUT2D eigenvalue weighted by molar-refractivity contribution is -0.525. The van der Waals surface area contributed by atoms with E-state index in [-0.39, 0.29) is 24.0 Å². The Morgan fingerprint density at radius 2 is 2.44 bits per heavy atom. The Morgan fingerprint density at radius 3 is 2.78 bits per heavy atom. The molecule has 0 amide bonds. The lowest BCUT2D eigenvalue weighted by Gasteiger charge is -2.07. The van der Waals surface area contributed by atoms with Crippen LogP contribution >= 0.6 is 0 Å². The van der Waals surface area contributed by atoms with Gasteiger partial charge in [0.25, 0.3) is 0 Å². The summed E-state index contributed by atoms with van der Waals surface area (Å²) >= 11 is 0. The van der Waals surface area contributed by atoms with Crippen LogP contribution in [0.5, 0.6) is 0 Å². The smallest absolute Gasteiger partial charge is 0.231 e. The molecule has 0 aliphatic carbocycles. The van der Waals surface area contributed by atoms with E-state index in [0.717, 1.165) is 13.1 Å². The van der Waals surface area contributed by atoms with Gasteiger partial charge in [-0.2, -0.15) is 0 Å². The van der Waals surface area contributed by atoms with Crippen LogP contribution in [0.4, 0.5) is 0 Å². The normalized spacial score (nSPS) is 17.2. The molecular weight excluding hydrogens is 227 g/mol. The van der Waals surface area contributed by atoms with Crippen LogP contribution in [0, 0.1) is 0 Å². The van der Waals surface area contributed by atoms with Crippen LogP contribution in [0.2, 0.25) is 0 Å². The fourth-order valence-corrected chi connectivity index (χ4v) is 0.892. The van der Waals surface area contributed by atoms with Crippen molar-refractivity contribution in [2.75, 3.05) is 19.6 Å². The minimum Gasteiger partial charge on any atom is -1.00 e. The molecule has 3 heteroatoms. The predicted molar refractivity (Wildman–Crippen MR) is 34.4 cm³/mol. The van der Waals surface area contributed by atoms with E-state index in [1.807, 2.05) is 0 Å². The van der Waals surface area contributed by atoms with Crippen LogP contribution in [-0.2, 0) is 0 Å². The van der Waals surface area contributed by atoms with E-state index in [9.17, 15) is 0 Å². The standard InChI is InChI=1S/C6H12N2.HI/c1-2-8-5-3-4-7-6-8;/h6H,2-5H2,1H3;1H. The van der Waals surface area contributed by atoms with Gasteiger partial charge in [0.15, 0.2) is 0 Å². The molecule has 0 aromatic rings. The summed E-state index contributed by atoms with van der Waals surface area (Å²) in [5.41, 5.74) is 0. The summed E-state index contributed by atoms with van der Waals surface area (Å²) < 4.78 is 2.28. The van der Waals surface area contributed by atoms with Gasteiger partial charge in [0, 0.05) is 6.42 Å². The van der Waals surface area contributed by atoms with Crippen LogP contribution in [0.15, 0.2) is 0 Å². The zero-order valence-electron chi connectivity index (χ0n) is 5.73. The fraction of sp³-hybridized carbons (Fsp3) is 0.833. The minimum absolute atomic E-state index is 0. The van der Waals surface area contributed by atoms with Gasteiger partial charge in [0.1, 0.15) is 0 Å². The highest BCUT2D eigenvalue weighted by Gasteiger charge is 2.02. The Hall–Kier alpha value is 0.200. The highest BCUT2D eigenvalue weighted by molar-refractivity contribution is 5.48. The molecule has 1 aliphatic rings. The highest BCUT2D eigenvalue weighted by atomic mass is 127. The van der Waals surface area contributed by atoms with Crippen LogP contribution < -0.4 is 29.3 Å². The lowest BCUT2D eigenvalue weighted by Crippen LogP contribution is -3.00. The van der Waals surface area contributed by atoms with Crippen molar-refractivity contribution >= 4 is 6.34 Å². The Labute approximate surface area is 73.4 Å². The second-order valence-corrected chi connectivity index (χ2v) is 2.07. The molecule has 0 radical (unpaired) electrons. The van der Waals surface area contributed by atoms with Crippen molar-refractivity contribution in [1.82, 2.24) is 5.32 Å². The zero-order chi connectivity index (χ0) is 5.82. The van der Waals surface area contributed by atoms with E-state index in [2.05, 4.69) is 23.2 Å². The molecule has 0 bridgehead atoms. The van der Waals surface area contributed by atoms with Crippen molar-refractivity contribution in [1.29, 1.82) is 0 Å². The molecule has 0 fully saturated rings. The first-order chi connectivity index (χ1) is 3.93. The van der Waals surface area contributed by atoms with Gasteiger partial charge in [-0.25, -0.2) is 0 Å². The summed E-state index contributed by atoms with van der Waals surface area (Å²) in [6.07, 6.45) is 3.36. The van der Waals surface area contributed by atoms with Crippen molar-refractivity contribution in [3.05, 3.63) is 0 Å². The summed E-state index contributed by atoms with van der Waals surface area (Å²) in [5.74, 6) is 0. The van der Waals surface area contributed by atoms with Crippen LogP contribution in [-0.4, -0.2) is 30.5 Å². The Bertz CT molecular complexity index is 101. The molecule has 0 aromatic carbocycles. The van der Waals surface area contributed by atoms with Gasteiger partial charge in [0.2, 0.25) is 6.34 Å². The maximum absolute atomic E-state index is 3.19. The molecule has 1 rings (SSSR count). The first-order valence-corrected chi connectivity index (χ1v) is 3.24. The number of hydrogen-bond acceptors (Lipinski definition) is 1. The Kier molecular flexibility index (Phi) is 5.13. The fourth-order valence-electron chi connectivity index (χ4n) is 0.892. The topological polar surface area (TPSA) is 15.0 Å². The molecule has 9 heavy (non-hydrogen) atoms. The average Bonchev–Trinajstić information content (AvgIpc) is 1.90. The summed E-state index contributed by atoms with van der Waals surface area (Å²) in [7, 11) is 0. The van der Waals surface area contributed by atoms with Gasteiger partial charge >= 0.3 is 0 Å². The van der Waals surface area contributed by atoms with Crippen molar-refractivity contribution in [2.24, 2.45) is 0 Å². The summed E-state index contributed by atoms with van der Waals surface area (Å²) in [6, 6.07) is 0. The van der Waals surface area contributed by atoms with E-state index in [0.29, 0.717) is 0 Å². The van der Waals surface area contributed by atoms with Gasteiger partial charge in [-0.1, -0.05) is 0 Å². The molecule has 0 saturated carbocycles. The predicted octanol–water partition coefficient (Wildman–Crippen LogP) is -2.96. The maximum atomic E-state index is 3.19. The SMILES string of the molecule is CC[N+]1=CNCCC1.[I-]. The Morgan fingerprint density at radius 1 is 1.67 bits per heavy atom. The first kappa shape index (κ1) is 9.20. The van der Waals surface area contributed by atoms with E-state index >= 15 is 0 Å². The van der Waals surface area contributed by atoms with Gasteiger partial charge in [-0.05, 0) is 6.92 Å². The maximum Gasteiger partial charge on any atom is 0.231 e. The van der Waals surface area contributed by atoms with Gasteiger partial charge in [-0.15, -0.1) is 0 Å². The molecule has 0 aromatic heterocycles. The molecule has 54 valence electrons. The number of rotatable bonds is 1. The number of nitrogens with zero attached hydrogens (tertiary/aromatic N) is 1. The second kappa shape index (κ2) is 5.02. The van der Waals surface area contributed by atoms with Crippen molar-refractivity contribution in [2.45, 2.75) is 13.3 Å². The van der Waals surface area contributed by atoms with Gasteiger partial charge in [-0.3, -0.25) is 9.89 Å². The van der Waals surface area contributed by atoms with Crippen molar-refractivity contribution < 1.29 is 28.6 Å². The lowest BCUT2D eigenvalue weighted by atomic mass is 10.4. The molecule has 0 unspecified atom stereocenters. The van der Waals surface area contributed by atoms with Crippen LogP contribution in [0.3, 0.4) is 0 Å². The van der Waals surface area contributed by atoms with E-state index < -0.39 is 0 Å². The molecule has 1 heterocycles. The third-order valence-corrected chi connectivity index (χ3v) is 1.45. The van der Waals surface area contributed by atoms with Crippen molar-refractivity contribution in [3.63, 3.8) is 0 Å². The third-order valence-electron chi connectivity index (χ3n) is 1.45. The number of nitrogens with one attached hydrogen (secondary N) is 1.